The van der Waals surface area contributed by atoms with Crippen molar-refractivity contribution in [2.24, 2.45) is 0 Å². The molecule has 0 atom stereocenters. The molecule has 0 saturated heterocycles. The van der Waals surface area contributed by atoms with Gasteiger partial charge in [0.1, 0.15) is 17.5 Å². The van der Waals surface area contributed by atoms with Gasteiger partial charge in [0.05, 0.1) is 16.5 Å². The van der Waals surface area contributed by atoms with Crippen molar-refractivity contribution in [1.29, 1.82) is 0 Å². The summed E-state index contributed by atoms with van der Waals surface area (Å²) in [7, 11) is 0. The molecule has 1 aromatic carbocycles. The van der Waals surface area contributed by atoms with Crippen LogP contribution in [0.1, 0.15) is 15.9 Å². The lowest BCUT2D eigenvalue weighted by atomic mass is 10.0. The highest BCUT2D eigenvalue weighted by molar-refractivity contribution is 5.87. The molecule has 0 aliphatic carbocycles. The molecule has 0 aliphatic heterocycles. The van der Waals surface area contributed by atoms with Gasteiger partial charge in [0.15, 0.2) is 0 Å². The topological polar surface area (TPSA) is 50.2 Å². The first-order valence-corrected chi connectivity index (χ1v) is 6.05. The highest BCUT2D eigenvalue weighted by Gasteiger charge is 2.15. The van der Waals surface area contributed by atoms with Crippen molar-refractivity contribution in [2.45, 2.75) is 0 Å². The number of pyridine rings is 1. The number of rotatable bonds is 3. The van der Waals surface area contributed by atoms with Crippen molar-refractivity contribution in [3.05, 3.63) is 76.2 Å². The Morgan fingerprint density at radius 2 is 1.77 bits per heavy atom. The Morgan fingerprint density at radius 1 is 1.18 bits per heavy atom. The lowest BCUT2D eigenvalue weighted by molar-refractivity contribution is 0.0696. The summed E-state index contributed by atoms with van der Waals surface area (Å²) in [6.45, 7) is 7.07. The third-order valence-corrected chi connectivity index (χ3v) is 2.99. The first-order valence-electron chi connectivity index (χ1n) is 6.05. The molecule has 0 spiro atoms. The Kier molecular flexibility index (Phi) is 4.12. The predicted octanol–water partition coefficient (Wildman–Crippen LogP) is 1.99. The number of benzene rings is 1. The number of allylic oxidation sites excluding steroid dienone is 1. The van der Waals surface area contributed by atoms with Crippen LogP contribution in [0.2, 0.25) is 0 Å². The van der Waals surface area contributed by atoms with E-state index in [-0.39, 0.29) is 21.7 Å². The molecule has 1 heterocycles. The fourth-order valence-electron chi connectivity index (χ4n) is 1.99. The van der Waals surface area contributed by atoms with Crippen LogP contribution >= 0.6 is 0 Å². The van der Waals surface area contributed by atoms with Gasteiger partial charge >= 0.3 is 5.97 Å². The fraction of sp³-hybridized carbons (Fsp3) is 0. The van der Waals surface area contributed by atoms with Gasteiger partial charge in [-0.05, 0) is 11.6 Å². The van der Waals surface area contributed by atoms with Crippen LogP contribution in [-0.2, 0) is 0 Å². The van der Waals surface area contributed by atoms with E-state index >= 15 is 0 Å². The van der Waals surface area contributed by atoms with E-state index in [4.69, 9.17) is 5.11 Å². The van der Waals surface area contributed by atoms with Gasteiger partial charge in [-0.15, -0.1) is 0 Å². The summed E-state index contributed by atoms with van der Waals surface area (Å²) in [5.74, 6) is -4.58. The molecule has 3 nitrogen and oxygen atoms in total. The predicted molar refractivity (Wildman–Crippen MR) is 75.0 cm³/mol. The van der Waals surface area contributed by atoms with Crippen LogP contribution in [-0.4, -0.2) is 16.1 Å². The molecular weight excluding hydrogens is 295 g/mol. The molecule has 0 unspecified atom stereocenters. The number of halogens is 3. The van der Waals surface area contributed by atoms with Crippen molar-refractivity contribution in [3.8, 4) is 0 Å². The molecule has 22 heavy (non-hydrogen) atoms. The van der Waals surface area contributed by atoms with Crippen LogP contribution in [0.4, 0.5) is 13.2 Å². The molecule has 112 valence electrons. The van der Waals surface area contributed by atoms with Gasteiger partial charge in [-0.3, -0.25) is 4.98 Å². The second-order valence-corrected chi connectivity index (χ2v) is 4.39. The van der Waals surface area contributed by atoms with E-state index in [9.17, 15) is 18.0 Å². The standard InChI is InChI=1S/C16H10F3NO2/c1-3-11(15-13(18)5-10(17)6-14(15)19)12-4-9(16(21)22)7-20-8(12)2/h3-7H,1-2H2,(H,21,22)/b12-11+. The molecule has 2 aromatic rings. The van der Waals surface area contributed by atoms with E-state index in [1.165, 1.54) is 6.07 Å². The first kappa shape index (κ1) is 15.5. The third kappa shape index (κ3) is 2.76. The summed E-state index contributed by atoms with van der Waals surface area (Å²) in [6, 6.07) is 2.23. The lowest BCUT2D eigenvalue weighted by Crippen LogP contribution is -2.30. The maximum Gasteiger partial charge on any atom is 0.337 e. The molecule has 0 aliphatic rings. The van der Waals surface area contributed by atoms with E-state index in [0.717, 1.165) is 12.3 Å². The number of nitrogens with zero attached hydrogens (tertiary/aromatic N) is 1. The van der Waals surface area contributed by atoms with Gasteiger partial charge in [0.25, 0.3) is 0 Å². The first-order chi connectivity index (χ1) is 10.3. The zero-order chi connectivity index (χ0) is 16.4. The average molecular weight is 305 g/mol. The Morgan fingerprint density at radius 3 is 2.27 bits per heavy atom. The summed E-state index contributed by atoms with van der Waals surface area (Å²) in [5.41, 5.74) is -0.758. The minimum atomic E-state index is -1.25. The number of carboxylic acids is 1. The summed E-state index contributed by atoms with van der Waals surface area (Å²) < 4.78 is 40.8. The van der Waals surface area contributed by atoms with Crippen molar-refractivity contribution in [2.75, 3.05) is 0 Å². The number of aromatic carboxylic acids is 1. The van der Waals surface area contributed by atoms with Gasteiger partial charge < -0.3 is 5.11 Å². The van der Waals surface area contributed by atoms with Crippen LogP contribution in [0.5, 0.6) is 0 Å². The van der Waals surface area contributed by atoms with Gasteiger partial charge in [0.2, 0.25) is 0 Å². The molecule has 1 aromatic heterocycles. The van der Waals surface area contributed by atoms with Crippen molar-refractivity contribution in [1.82, 2.24) is 4.98 Å². The molecule has 0 bridgehead atoms. The van der Waals surface area contributed by atoms with Crippen molar-refractivity contribution >= 4 is 18.1 Å². The van der Waals surface area contributed by atoms with Crippen LogP contribution in [0.3, 0.4) is 0 Å². The van der Waals surface area contributed by atoms with E-state index in [0.29, 0.717) is 12.1 Å². The Bertz CT molecular complexity index is 868. The average Bonchev–Trinajstić information content (AvgIpc) is 2.43. The zero-order valence-corrected chi connectivity index (χ0v) is 11.2. The SMILES string of the molecule is C=C/C(c1c(F)cc(F)cc1F)=c1/cc(C(=O)O)cnc1=C. The van der Waals surface area contributed by atoms with Crippen molar-refractivity contribution < 1.29 is 23.1 Å². The highest BCUT2D eigenvalue weighted by atomic mass is 19.1. The number of hydrogen-bond donors (Lipinski definition) is 1. The number of aromatic nitrogens is 1. The summed E-state index contributed by atoms with van der Waals surface area (Å²) in [4.78, 5) is 14.8. The fourth-order valence-corrected chi connectivity index (χ4v) is 1.99. The third-order valence-electron chi connectivity index (χ3n) is 2.99. The van der Waals surface area contributed by atoms with Crippen molar-refractivity contribution in [3.63, 3.8) is 0 Å². The number of hydrogen-bond acceptors (Lipinski definition) is 2. The summed E-state index contributed by atoms with van der Waals surface area (Å²) in [5, 5.41) is 9.19. The molecule has 0 fully saturated rings. The van der Waals surface area contributed by atoms with Gasteiger partial charge in [-0.2, -0.15) is 0 Å². The zero-order valence-electron chi connectivity index (χ0n) is 11.2. The maximum absolute atomic E-state index is 13.9. The Hall–Kier alpha value is -2.89. The molecule has 0 radical (unpaired) electrons. The minimum absolute atomic E-state index is 0.0596. The Labute approximate surface area is 123 Å². The molecule has 6 heteroatoms. The van der Waals surface area contributed by atoms with Crippen LogP contribution in [0.25, 0.3) is 12.2 Å². The van der Waals surface area contributed by atoms with Gasteiger partial charge in [-0.1, -0.05) is 19.2 Å². The van der Waals surface area contributed by atoms with Crippen LogP contribution in [0.15, 0.2) is 37.1 Å². The maximum atomic E-state index is 13.9. The second-order valence-electron chi connectivity index (χ2n) is 4.39. The summed E-state index contributed by atoms with van der Waals surface area (Å²) >= 11 is 0. The van der Waals surface area contributed by atoms with E-state index in [1.807, 2.05) is 0 Å². The van der Waals surface area contributed by atoms with E-state index < -0.39 is 29.0 Å². The van der Waals surface area contributed by atoms with Gasteiger partial charge in [0, 0.05) is 23.5 Å². The number of carboxylic acid groups (broad SMARTS) is 1. The largest absolute Gasteiger partial charge is 0.478 e. The Balaban J connectivity index is 2.94. The molecule has 2 rings (SSSR count). The smallest absolute Gasteiger partial charge is 0.337 e. The van der Waals surface area contributed by atoms with Crippen LogP contribution in [0, 0.1) is 17.5 Å². The molecule has 1 N–H and O–H groups in total. The summed E-state index contributed by atoms with van der Waals surface area (Å²) in [6.07, 6.45) is 2.21. The quantitative estimate of drug-likeness (QED) is 0.943. The van der Waals surface area contributed by atoms with Gasteiger partial charge in [-0.25, -0.2) is 18.0 Å². The monoisotopic (exact) mass is 305 g/mol. The van der Waals surface area contributed by atoms with E-state index in [2.05, 4.69) is 18.1 Å². The highest BCUT2D eigenvalue weighted by Crippen LogP contribution is 2.21. The minimum Gasteiger partial charge on any atom is -0.478 e. The number of carbonyl (C=O) groups is 1. The normalized spacial score (nSPS) is 12.0. The molecule has 0 amide bonds. The lowest BCUT2D eigenvalue weighted by Gasteiger charge is -2.07. The van der Waals surface area contributed by atoms with Crippen LogP contribution < -0.4 is 10.6 Å². The van der Waals surface area contributed by atoms with E-state index in [1.54, 1.807) is 0 Å². The second kappa shape index (κ2) is 5.85. The molecule has 0 saturated carbocycles. The molecular formula is C16H10F3NO2.